The highest BCUT2D eigenvalue weighted by molar-refractivity contribution is 5.98. The summed E-state index contributed by atoms with van der Waals surface area (Å²) < 4.78 is 23.2. The number of nitrogens with one attached hydrogen (secondary N) is 1. The Hall–Kier alpha value is -3.95. The number of aromatic nitrogens is 1. The second kappa shape index (κ2) is 10.5. The predicted molar refractivity (Wildman–Crippen MR) is 126 cm³/mol. The van der Waals surface area contributed by atoms with E-state index in [9.17, 15) is 14.4 Å². The first-order valence-corrected chi connectivity index (χ1v) is 11.4. The maximum atomic E-state index is 13.3. The summed E-state index contributed by atoms with van der Waals surface area (Å²) in [4.78, 5) is 40.8. The molecule has 2 amide bonds. The highest BCUT2D eigenvalue weighted by Gasteiger charge is 2.30. The fourth-order valence-electron chi connectivity index (χ4n) is 4.27. The van der Waals surface area contributed by atoms with E-state index >= 15 is 0 Å². The van der Waals surface area contributed by atoms with E-state index in [1.807, 2.05) is 24.3 Å². The molecule has 0 spiro atoms. The number of ether oxygens (including phenoxy) is 4. The molecular weight excluding hydrogens is 454 g/mol. The van der Waals surface area contributed by atoms with Crippen LogP contribution in [0.2, 0.25) is 0 Å². The predicted octanol–water partition coefficient (Wildman–Crippen LogP) is 1.46. The SMILES string of the molecule is COc1cccc(CNC(=O)c2c(OC)cc(=O)n3c2CCN(C(=O)C2=C(C)OCCO2)CC3)c1. The normalized spacial score (nSPS) is 15.3. The van der Waals surface area contributed by atoms with Crippen molar-refractivity contribution in [2.24, 2.45) is 0 Å². The van der Waals surface area contributed by atoms with Gasteiger partial charge in [0.15, 0.2) is 0 Å². The van der Waals surface area contributed by atoms with Crippen LogP contribution in [0.1, 0.15) is 28.5 Å². The molecule has 0 unspecified atom stereocenters. The molecule has 3 heterocycles. The molecule has 10 heteroatoms. The molecule has 1 N–H and O–H groups in total. The Morgan fingerprint density at radius 3 is 2.60 bits per heavy atom. The molecule has 35 heavy (non-hydrogen) atoms. The first-order valence-electron chi connectivity index (χ1n) is 11.4. The van der Waals surface area contributed by atoms with Crippen LogP contribution < -0.4 is 20.3 Å². The van der Waals surface area contributed by atoms with Gasteiger partial charge in [-0.05, 0) is 24.6 Å². The second-order valence-corrected chi connectivity index (χ2v) is 8.18. The average Bonchev–Trinajstić information content (AvgIpc) is 3.11. The Balaban J connectivity index is 1.58. The van der Waals surface area contributed by atoms with Gasteiger partial charge in [0.1, 0.15) is 36.0 Å². The van der Waals surface area contributed by atoms with Gasteiger partial charge in [-0.25, -0.2) is 0 Å². The zero-order valence-corrected chi connectivity index (χ0v) is 20.1. The summed E-state index contributed by atoms with van der Waals surface area (Å²) >= 11 is 0. The van der Waals surface area contributed by atoms with Crippen molar-refractivity contribution in [3.8, 4) is 11.5 Å². The fourth-order valence-corrected chi connectivity index (χ4v) is 4.27. The lowest BCUT2D eigenvalue weighted by molar-refractivity contribution is -0.132. The van der Waals surface area contributed by atoms with Crippen LogP contribution in [0.25, 0.3) is 0 Å². The van der Waals surface area contributed by atoms with Gasteiger partial charge in [0.2, 0.25) is 5.76 Å². The minimum absolute atomic E-state index is 0.184. The van der Waals surface area contributed by atoms with Crippen molar-refractivity contribution >= 4 is 11.8 Å². The summed E-state index contributed by atoms with van der Waals surface area (Å²) in [7, 11) is 3.01. The number of fused-ring (bicyclic) bond motifs is 1. The standard InChI is InChI=1S/C25H29N3O7/c1-16-23(35-12-11-34-16)25(31)27-8-7-19-22(20(33-3)14-21(29)28(19)10-9-27)24(30)26-15-17-5-4-6-18(13-17)32-2/h4-6,13-14H,7-12,15H2,1-3H3,(H,26,30). The van der Waals surface area contributed by atoms with Crippen molar-refractivity contribution in [1.82, 2.24) is 14.8 Å². The van der Waals surface area contributed by atoms with Crippen LogP contribution in [0.4, 0.5) is 0 Å². The summed E-state index contributed by atoms with van der Waals surface area (Å²) in [6.45, 7) is 3.52. The van der Waals surface area contributed by atoms with Crippen LogP contribution in [0.5, 0.6) is 11.5 Å². The third-order valence-corrected chi connectivity index (χ3v) is 6.08. The summed E-state index contributed by atoms with van der Waals surface area (Å²) in [5.74, 6) is 0.862. The van der Waals surface area contributed by atoms with E-state index in [1.54, 1.807) is 18.9 Å². The summed E-state index contributed by atoms with van der Waals surface area (Å²) in [6, 6.07) is 8.70. The van der Waals surface area contributed by atoms with Gasteiger partial charge in [0.25, 0.3) is 17.4 Å². The van der Waals surface area contributed by atoms with Gasteiger partial charge < -0.3 is 33.7 Å². The van der Waals surface area contributed by atoms with Crippen molar-refractivity contribution in [1.29, 1.82) is 0 Å². The van der Waals surface area contributed by atoms with Crippen LogP contribution in [-0.4, -0.2) is 61.8 Å². The topological polar surface area (TPSA) is 108 Å². The number of amides is 2. The molecule has 0 fully saturated rings. The number of allylic oxidation sites excluding steroid dienone is 1. The minimum atomic E-state index is -0.365. The number of hydrogen-bond acceptors (Lipinski definition) is 7. The number of nitrogens with zero attached hydrogens (tertiary/aromatic N) is 2. The number of pyridine rings is 1. The number of hydrogen-bond donors (Lipinski definition) is 1. The van der Waals surface area contributed by atoms with E-state index < -0.39 is 0 Å². The van der Waals surface area contributed by atoms with E-state index in [0.717, 1.165) is 5.56 Å². The summed E-state index contributed by atoms with van der Waals surface area (Å²) in [6.07, 6.45) is 0.299. The molecule has 0 aliphatic carbocycles. The molecule has 1 aromatic carbocycles. The van der Waals surface area contributed by atoms with E-state index in [4.69, 9.17) is 18.9 Å². The molecule has 186 valence electrons. The van der Waals surface area contributed by atoms with Gasteiger partial charge in [0, 0.05) is 44.4 Å². The lowest BCUT2D eigenvalue weighted by atomic mass is 10.1. The molecule has 1 aromatic heterocycles. The quantitative estimate of drug-likeness (QED) is 0.663. The maximum absolute atomic E-state index is 13.3. The van der Waals surface area contributed by atoms with Crippen LogP contribution in [0.15, 0.2) is 46.6 Å². The van der Waals surface area contributed by atoms with E-state index in [1.165, 1.54) is 17.7 Å². The Morgan fingerprint density at radius 1 is 1.06 bits per heavy atom. The number of methoxy groups -OCH3 is 2. The van der Waals surface area contributed by atoms with E-state index in [2.05, 4.69) is 5.32 Å². The Bertz CT molecular complexity index is 1220. The van der Waals surface area contributed by atoms with Gasteiger partial charge in [-0.2, -0.15) is 0 Å². The molecule has 10 nitrogen and oxygen atoms in total. The highest BCUT2D eigenvalue weighted by Crippen LogP contribution is 2.24. The monoisotopic (exact) mass is 483 g/mol. The van der Waals surface area contributed by atoms with Gasteiger partial charge in [0.05, 0.1) is 14.2 Å². The molecule has 2 aliphatic rings. The molecule has 0 bridgehead atoms. The molecule has 0 atom stereocenters. The van der Waals surface area contributed by atoms with E-state index in [-0.39, 0.29) is 47.5 Å². The Labute approximate surface area is 203 Å². The molecule has 2 aliphatic heterocycles. The minimum Gasteiger partial charge on any atom is -0.497 e. The fraction of sp³-hybridized carbons (Fsp3) is 0.400. The lowest BCUT2D eigenvalue weighted by Gasteiger charge is -2.25. The molecule has 0 saturated heterocycles. The molecule has 0 radical (unpaired) electrons. The highest BCUT2D eigenvalue weighted by atomic mass is 16.6. The smallest absolute Gasteiger partial charge is 0.292 e. The zero-order chi connectivity index (χ0) is 24.9. The maximum Gasteiger partial charge on any atom is 0.292 e. The first-order chi connectivity index (χ1) is 16.9. The van der Waals surface area contributed by atoms with Crippen molar-refractivity contribution in [3.63, 3.8) is 0 Å². The van der Waals surface area contributed by atoms with Crippen molar-refractivity contribution in [2.45, 2.75) is 26.4 Å². The van der Waals surface area contributed by atoms with Crippen LogP contribution in [0, 0.1) is 0 Å². The summed E-state index contributed by atoms with van der Waals surface area (Å²) in [5, 5.41) is 2.91. The van der Waals surface area contributed by atoms with Crippen LogP contribution >= 0.6 is 0 Å². The molecular formula is C25H29N3O7. The number of carbonyl (C=O) groups is 2. The third-order valence-electron chi connectivity index (χ3n) is 6.08. The lowest BCUT2D eigenvalue weighted by Crippen LogP contribution is -2.37. The van der Waals surface area contributed by atoms with Gasteiger partial charge in [-0.15, -0.1) is 0 Å². The van der Waals surface area contributed by atoms with Crippen molar-refractivity contribution < 1.29 is 28.5 Å². The molecule has 4 rings (SSSR count). The number of carbonyl (C=O) groups excluding carboxylic acids is 2. The van der Waals surface area contributed by atoms with Gasteiger partial charge in [-0.1, -0.05) is 12.1 Å². The molecule has 0 saturated carbocycles. The Kier molecular flexibility index (Phi) is 7.28. The van der Waals surface area contributed by atoms with Crippen molar-refractivity contribution in [2.75, 3.05) is 40.5 Å². The zero-order valence-electron chi connectivity index (χ0n) is 20.1. The van der Waals surface area contributed by atoms with E-state index in [0.29, 0.717) is 49.9 Å². The number of rotatable bonds is 6. The van der Waals surface area contributed by atoms with Gasteiger partial charge >= 0.3 is 0 Å². The second-order valence-electron chi connectivity index (χ2n) is 8.18. The first kappa shape index (κ1) is 24.2. The average molecular weight is 484 g/mol. The Morgan fingerprint density at radius 2 is 1.86 bits per heavy atom. The largest absolute Gasteiger partial charge is 0.497 e. The van der Waals surface area contributed by atoms with Crippen LogP contribution in [-0.2, 0) is 33.8 Å². The summed E-state index contributed by atoms with van der Waals surface area (Å²) in [5.41, 5.74) is 1.39. The van der Waals surface area contributed by atoms with Gasteiger partial charge in [-0.3, -0.25) is 14.4 Å². The number of benzene rings is 1. The van der Waals surface area contributed by atoms with Crippen molar-refractivity contribution in [3.05, 3.63) is 69.0 Å². The molecule has 2 aromatic rings. The van der Waals surface area contributed by atoms with Crippen LogP contribution in [0.3, 0.4) is 0 Å². The third kappa shape index (κ3) is 5.11.